The minimum absolute atomic E-state index is 0.116. The van der Waals surface area contributed by atoms with Gasteiger partial charge in [0.05, 0.1) is 12.6 Å². The Bertz CT molecular complexity index is 1290. The molecule has 0 radical (unpaired) electrons. The van der Waals surface area contributed by atoms with Gasteiger partial charge in [0.2, 0.25) is 0 Å². The van der Waals surface area contributed by atoms with Crippen LogP contribution in [0.25, 0.3) is 10.8 Å². The largest absolute Gasteiger partial charge is 0.469 e. The number of unbranched alkanes of at least 4 members (excludes halogenated alkanes) is 1. The molecule has 2 aromatic carbocycles. The number of carbonyl (C=O) groups is 2. The maximum atomic E-state index is 12.8. The maximum absolute atomic E-state index is 12.8. The van der Waals surface area contributed by atoms with Gasteiger partial charge < -0.3 is 24.7 Å². The number of urea groups is 1. The van der Waals surface area contributed by atoms with Gasteiger partial charge in [-0.25, -0.2) is 19.1 Å². The van der Waals surface area contributed by atoms with Crippen LogP contribution in [0.1, 0.15) is 24.8 Å². The van der Waals surface area contributed by atoms with E-state index in [1.54, 1.807) is 37.5 Å². The molecule has 1 atom stereocenters. The Morgan fingerprint density at radius 2 is 1.82 bits per heavy atom. The van der Waals surface area contributed by atoms with Gasteiger partial charge in [-0.2, -0.15) is 0 Å². The summed E-state index contributed by atoms with van der Waals surface area (Å²) in [7, 11) is -2.98. The standard InChI is InChI=1S/C25H30ClN4O7P/c1-30(24(31)28-16-20-10-4-5-12-22(20)26)21(11-6-7-13-37-38(33,34)35)17-36-25(32)29-23-14-18-8-2-3-9-19(18)15-27-23/h2-5,8-10,12,14-15,21H,6-7,11,13,16-17H2,1H3,(H,28,31)(H,27,29,32)(H2,33,34,35)/t21-/m0/s1. The number of ether oxygens (including phenoxy) is 1. The SMILES string of the molecule is CN(C(=O)NCc1ccccc1Cl)[C@@H](CCCCOP(=O)(O)O)COC(=O)Nc1cc2ccccc2cn1. The number of hydrogen-bond acceptors (Lipinski definition) is 6. The number of pyridine rings is 1. The van der Waals surface area contributed by atoms with Gasteiger partial charge in [0.15, 0.2) is 0 Å². The Balaban J connectivity index is 1.57. The number of nitrogens with zero attached hydrogens (tertiary/aromatic N) is 2. The van der Waals surface area contributed by atoms with Crippen LogP contribution in [0.5, 0.6) is 0 Å². The van der Waals surface area contributed by atoms with Crippen molar-refractivity contribution in [3.63, 3.8) is 0 Å². The molecule has 0 fully saturated rings. The Morgan fingerprint density at radius 1 is 1.11 bits per heavy atom. The molecule has 0 aliphatic heterocycles. The lowest BCUT2D eigenvalue weighted by Crippen LogP contribution is -2.46. The number of phosphoric ester groups is 1. The average molecular weight is 565 g/mol. The van der Waals surface area contributed by atoms with Crippen LogP contribution in [0.2, 0.25) is 5.02 Å². The minimum Gasteiger partial charge on any atom is -0.447 e. The predicted octanol–water partition coefficient (Wildman–Crippen LogP) is 4.93. The number of hydrogen-bond donors (Lipinski definition) is 4. The van der Waals surface area contributed by atoms with Crippen molar-refractivity contribution >= 4 is 48.1 Å². The zero-order valence-corrected chi connectivity index (χ0v) is 22.4. The van der Waals surface area contributed by atoms with Crippen LogP contribution in [-0.2, 0) is 20.4 Å². The van der Waals surface area contributed by atoms with Crippen LogP contribution in [0.4, 0.5) is 15.4 Å². The van der Waals surface area contributed by atoms with Gasteiger partial charge in [-0.05, 0) is 42.3 Å². The number of phosphoric acid groups is 1. The molecule has 1 aromatic heterocycles. The highest BCUT2D eigenvalue weighted by molar-refractivity contribution is 7.46. The van der Waals surface area contributed by atoms with E-state index >= 15 is 0 Å². The Kier molecular flexibility index (Phi) is 10.9. The highest BCUT2D eigenvalue weighted by atomic mass is 35.5. The zero-order chi connectivity index (χ0) is 27.5. The molecule has 38 heavy (non-hydrogen) atoms. The Morgan fingerprint density at radius 3 is 2.55 bits per heavy atom. The van der Waals surface area contributed by atoms with Crippen molar-refractivity contribution in [2.45, 2.75) is 31.8 Å². The fourth-order valence-corrected chi connectivity index (χ4v) is 4.19. The molecule has 13 heteroatoms. The van der Waals surface area contributed by atoms with Gasteiger partial charge in [0.1, 0.15) is 12.4 Å². The van der Waals surface area contributed by atoms with E-state index in [1.165, 1.54) is 4.90 Å². The lowest BCUT2D eigenvalue weighted by Gasteiger charge is -2.28. The maximum Gasteiger partial charge on any atom is 0.469 e. The van der Waals surface area contributed by atoms with Crippen LogP contribution in [0.3, 0.4) is 0 Å². The third-order valence-electron chi connectivity index (χ3n) is 5.72. The smallest absolute Gasteiger partial charge is 0.447 e. The van der Waals surface area contributed by atoms with Crippen molar-refractivity contribution in [2.24, 2.45) is 0 Å². The normalized spacial score (nSPS) is 12.1. The van der Waals surface area contributed by atoms with Crippen molar-refractivity contribution in [2.75, 3.05) is 25.6 Å². The number of likely N-dealkylation sites (N-methyl/N-ethyl adjacent to an activating group) is 1. The number of benzene rings is 2. The second-order valence-corrected chi connectivity index (χ2v) is 10.1. The monoisotopic (exact) mass is 564 g/mol. The first kappa shape index (κ1) is 29.3. The van der Waals surface area contributed by atoms with E-state index < -0.39 is 26.0 Å². The van der Waals surface area contributed by atoms with Crippen LogP contribution in [0, 0.1) is 0 Å². The molecule has 0 unspecified atom stereocenters. The summed E-state index contributed by atoms with van der Waals surface area (Å²) in [6.45, 7) is -0.0517. The highest BCUT2D eigenvalue weighted by Gasteiger charge is 2.22. The number of fused-ring (bicyclic) bond motifs is 1. The molecule has 1 heterocycles. The van der Waals surface area contributed by atoms with Gasteiger partial charge >= 0.3 is 19.9 Å². The predicted molar refractivity (Wildman–Crippen MR) is 144 cm³/mol. The zero-order valence-electron chi connectivity index (χ0n) is 20.7. The summed E-state index contributed by atoms with van der Waals surface area (Å²) in [6, 6.07) is 15.5. The molecule has 3 rings (SSSR count). The highest BCUT2D eigenvalue weighted by Crippen LogP contribution is 2.35. The topological polar surface area (TPSA) is 150 Å². The number of nitrogens with one attached hydrogen (secondary N) is 2. The van der Waals surface area contributed by atoms with E-state index in [2.05, 4.69) is 20.1 Å². The average Bonchev–Trinajstić information content (AvgIpc) is 2.88. The first-order chi connectivity index (χ1) is 18.1. The van der Waals surface area contributed by atoms with E-state index in [-0.39, 0.29) is 19.8 Å². The molecule has 0 saturated heterocycles. The van der Waals surface area contributed by atoms with Gasteiger partial charge in [-0.15, -0.1) is 0 Å². The summed E-state index contributed by atoms with van der Waals surface area (Å²) in [4.78, 5) is 48.6. The molecule has 0 spiro atoms. The number of anilines is 1. The molecule has 0 bridgehead atoms. The fourth-order valence-electron chi connectivity index (χ4n) is 3.62. The van der Waals surface area contributed by atoms with Crippen LogP contribution in [-0.4, -0.2) is 58.1 Å². The first-order valence-electron chi connectivity index (χ1n) is 11.8. The number of carbonyl (C=O) groups excluding carboxylic acids is 2. The van der Waals surface area contributed by atoms with Crippen LogP contribution < -0.4 is 10.6 Å². The van der Waals surface area contributed by atoms with Gasteiger partial charge in [-0.1, -0.05) is 54.1 Å². The summed E-state index contributed by atoms with van der Waals surface area (Å²) >= 11 is 6.16. The van der Waals surface area contributed by atoms with Crippen LogP contribution >= 0.6 is 19.4 Å². The molecule has 0 aliphatic rings. The van der Waals surface area contributed by atoms with Crippen molar-refractivity contribution in [3.8, 4) is 0 Å². The van der Waals surface area contributed by atoms with E-state index in [1.807, 2.05) is 30.3 Å². The third kappa shape index (κ3) is 9.59. The molecular weight excluding hydrogens is 535 g/mol. The quantitative estimate of drug-likeness (QED) is 0.179. The van der Waals surface area contributed by atoms with Crippen molar-refractivity contribution in [3.05, 3.63) is 71.4 Å². The first-order valence-corrected chi connectivity index (χ1v) is 13.8. The number of aromatic nitrogens is 1. The summed E-state index contributed by atoms with van der Waals surface area (Å²) in [6.07, 6.45) is 2.10. The van der Waals surface area contributed by atoms with Gasteiger partial charge in [0, 0.05) is 30.2 Å². The van der Waals surface area contributed by atoms with Crippen molar-refractivity contribution < 1.29 is 33.2 Å². The molecule has 4 N–H and O–H groups in total. The second kappa shape index (κ2) is 14.1. The van der Waals surface area contributed by atoms with E-state index in [0.717, 1.165) is 16.3 Å². The van der Waals surface area contributed by atoms with E-state index in [0.29, 0.717) is 30.1 Å². The Labute approximate surface area is 225 Å². The number of rotatable bonds is 12. The minimum atomic E-state index is -4.55. The van der Waals surface area contributed by atoms with Crippen LogP contribution in [0.15, 0.2) is 60.8 Å². The number of halogens is 1. The number of amides is 3. The van der Waals surface area contributed by atoms with Gasteiger partial charge in [-0.3, -0.25) is 9.84 Å². The molecular formula is C25H30ClN4O7P. The second-order valence-electron chi connectivity index (χ2n) is 8.47. The molecule has 3 amide bonds. The summed E-state index contributed by atoms with van der Waals surface area (Å²) in [5.41, 5.74) is 0.751. The fraction of sp³-hybridized carbons (Fsp3) is 0.320. The molecule has 11 nitrogen and oxygen atoms in total. The van der Waals surface area contributed by atoms with Gasteiger partial charge in [0.25, 0.3) is 0 Å². The van der Waals surface area contributed by atoms with Crippen molar-refractivity contribution in [1.29, 1.82) is 0 Å². The summed E-state index contributed by atoms with van der Waals surface area (Å²) < 4.78 is 20.7. The summed E-state index contributed by atoms with van der Waals surface area (Å²) in [5.74, 6) is 0.325. The molecule has 3 aromatic rings. The lowest BCUT2D eigenvalue weighted by atomic mass is 10.1. The summed E-state index contributed by atoms with van der Waals surface area (Å²) in [5, 5.41) is 7.75. The lowest BCUT2D eigenvalue weighted by molar-refractivity contribution is 0.111. The Hall–Kier alpha value is -3.21. The van der Waals surface area contributed by atoms with E-state index in [9.17, 15) is 14.2 Å². The molecule has 0 saturated carbocycles. The third-order valence-corrected chi connectivity index (χ3v) is 6.60. The van der Waals surface area contributed by atoms with Crippen molar-refractivity contribution in [1.82, 2.24) is 15.2 Å². The van der Waals surface area contributed by atoms with E-state index in [4.69, 9.17) is 26.1 Å². The molecule has 204 valence electrons. The molecule has 0 aliphatic carbocycles.